The smallest absolute Gasteiger partial charge is 0.0928 e. The van der Waals surface area contributed by atoms with Gasteiger partial charge in [0.1, 0.15) is 0 Å². The zero-order chi connectivity index (χ0) is 33.1. The molecular formula is C43H59N5. The van der Waals surface area contributed by atoms with Gasteiger partial charge in [0.05, 0.1) is 20.0 Å². The summed E-state index contributed by atoms with van der Waals surface area (Å²) in [4.78, 5) is 7.64. The summed E-state index contributed by atoms with van der Waals surface area (Å²) in [7, 11) is 0. The highest BCUT2D eigenvalue weighted by molar-refractivity contribution is 5.65. The van der Waals surface area contributed by atoms with Crippen LogP contribution in [-0.4, -0.2) is 31.5 Å². The molecule has 0 amide bonds. The van der Waals surface area contributed by atoms with Gasteiger partial charge < -0.3 is 20.4 Å². The zero-order valence-corrected chi connectivity index (χ0v) is 29.5. The maximum atomic E-state index is 3.52. The minimum Gasteiger partial charge on any atom is -0.356 e. The molecule has 5 heteroatoms. The number of hydrogen-bond acceptors (Lipinski definition) is 5. The van der Waals surface area contributed by atoms with Crippen molar-refractivity contribution in [1.29, 1.82) is 0 Å². The molecule has 1 aliphatic rings. The molecule has 0 aromatic heterocycles. The van der Waals surface area contributed by atoms with E-state index in [9.17, 15) is 0 Å². The Morgan fingerprint density at radius 2 is 0.750 bits per heavy atom. The van der Waals surface area contributed by atoms with Crippen molar-refractivity contribution in [1.82, 2.24) is 4.90 Å². The molecule has 0 atom stereocenters. The molecule has 48 heavy (non-hydrogen) atoms. The molecule has 0 spiro atoms. The largest absolute Gasteiger partial charge is 0.356 e. The third-order valence-electron chi connectivity index (χ3n) is 9.50. The van der Waals surface area contributed by atoms with Crippen LogP contribution in [0.5, 0.6) is 0 Å². The van der Waals surface area contributed by atoms with E-state index in [4.69, 9.17) is 0 Å². The maximum absolute atomic E-state index is 3.52. The molecule has 1 fully saturated rings. The van der Waals surface area contributed by atoms with Crippen LogP contribution in [0, 0.1) is 0 Å². The number of para-hydroxylation sites is 2. The van der Waals surface area contributed by atoms with E-state index in [0.717, 1.165) is 49.3 Å². The number of nitrogens with zero attached hydrogens (tertiary/aromatic N) is 3. The average Bonchev–Trinajstić information content (AvgIpc) is 3.13. The van der Waals surface area contributed by atoms with Crippen molar-refractivity contribution in [2.24, 2.45) is 0 Å². The topological polar surface area (TPSA) is 33.8 Å². The van der Waals surface area contributed by atoms with E-state index in [1.807, 2.05) is 12.1 Å². The van der Waals surface area contributed by atoms with Crippen LogP contribution in [0.15, 0.2) is 109 Å². The fourth-order valence-corrected chi connectivity index (χ4v) is 6.71. The molecule has 4 aromatic carbocycles. The SMILES string of the molecule is CCCCCCCCCCCCCCCCN1CN(c2ccc(Nc3ccccc3)cc2)CN(c2ccc(Nc3ccccc3)cc2)C1. The van der Waals surface area contributed by atoms with Gasteiger partial charge in [-0.05, 0) is 79.2 Å². The fourth-order valence-electron chi connectivity index (χ4n) is 6.71. The van der Waals surface area contributed by atoms with Gasteiger partial charge in [0.2, 0.25) is 0 Å². The quantitative estimate of drug-likeness (QED) is 0.0881. The lowest BCUT2D eigenvalue weighted by molar-refractivity contribution is 0.236. The molecule has 0 aliphatic carbocycles. The third kappa shape index (κ3) is 12.2. The van der Waals surface area contributed by atoms with Crippen molar-refractivity contribution in [2.75, 3.05) is 47.0 Å². The lowest BCUT2D eigenvalue weighted by Gasteiger charge is -2.44. The van der Waals surface area contributed by atoms with Crippen LogP contribution >= 0.6 is 0 Å². The number of hydrogen-bond donors (Lipinski definition) is 2. The Bertz CT molecular complexity index is 1300. The molecule has 1 saturated heterocycles. The molecule has 0 unspecified atom stereocenters. The highest BCUT2D eigenvalue weighted by atomic mass is 15.5. The number of anilines is 6. The van der Waals surface area contributed by atoms with Gasteiger partial charge in [-0.25, -0.2) is 0 Å². The van der Waals surface area contributed by atoms with Crippen molar-refractivity contribution in [3.05, 3.63) is 109 Å². The summed E-state index contributed by atoms with van der Waals surface area (Å²) < 4.78 is 0. The Hall–Kier alpha value is -3.96. The van der Waals surface area contributed by atoms with Gasteiger partial charge in [0.25, 0.3) is 0 Å². The molecule has 1 heterocycles. The van der Waals surface area contributed by atoms with Crippen LogP contribution in [0.3, 0.4) is 0 Å². The van der Waals surface area contributed by atoms with Crippen molar-refractivity contribution >= 4 is 34.1 Å². The summed E-state index contributed by atoms with van der Waals surface area (Å²) in [5.74, 6) is 0. The second kappa shape index (κ2) is 20.4. The highest BCUT2D eigenvalue weighted by Crippen LogP contribution is 2.27. The van der Waals surface area contributed by atoms with Crippen LogP contribution in [0.1, 0.15) is 96.8 Å². The molecule has 5 rings (SSSR count). The summed E-state index contributed by atoms with van der Waals surface area (Å²) >= 11 is 0. The summed E-state index contributed by atoms with van der Waals surface area (Å²) in [6.45, 7) is 6.20. The van der Waals surface area contributed by atoms with Gasteiger partial charge in [-0.2, -0.15) is 0 Å². The first-order valence-electron chi connectivity index (χ1n) is 18.8. The summed E-state index contributed by atoms with van der Waals surface area (Å²) in [6.07, 6.45) is 19.6. The lowest BCUT2D eigenvalue weighted by Crippen LogP contribution is -2.55. The van der Waals surface area contributed by atoms with Crippen LogP contribution in [0.4, 0.5) is 34.1 Å². The van der Waals surface area contributed by atoms with Crippen LogP contribution in [0.2, 0.25) is 0 Å². The van der Waals surface area contributed by atoms with E-state index >= 15 is 0 Å². The average molecular weight is 646 g/mol. The number of rotatable bonds is 21. The predicted octanol–water partition coefficient (Wildman–Crippen LogP) is 12.2. The zero-order valence-electron chi connectivity index (χ0n) is 29.5. The van der Waals surface area contributed by atoms with Crippen molar-refractivity contribution in [2.45, 2.75) is 96.8 Å². The van der Waals surface area contributed by atoms with E-state index < -0.39 is 0 Å². The van der Waals surface area contributed by atoms with E-state index in [2.05, 4.69) is 129 Å². The van der Waals surface area contributed by atoms with Gasteiger partial charge in [0, 0.05) is 40.7 Å². The Morgan fingerprint density at radius 3 is 1.15 bits per heavy atom. The molecular weight excluding hydrogens is 587 g/mol. The number of nitrogens with one attached hydrogen (secondary N) is 2. The minimum atomic E-state index is 0.867. The van der Waals surface area contributed by atoms with Crippen LogP contribution in [-0.2, 0) is 0 Å². The van der Waals surface area contributed by atoms with Gasteiger partial charge in [-0.1, -0.05) is 127 Å². The van der Waals surface area contributed by atoms with Crippen molar-refractivity contribution in [3.63, 3.8) is 0 Å². The minimum absolute atomic E-state index is 0.867. The molecule has 0 saturated carbocycles. The molecule has 4 aromatic rings. The molecule has 5 nitrogen and oxygen atoms in total. The predicted molar refractivity (Wildman–Crippen MR) is 209 cm³/mol. The standard InChI is InChI=1S/C43H59N5/c1-2-3-4-5-6-7-8-9-10-11-12-13-14-21-34-46-35-47(42-30-26-40(27-31-42)44-38-22-17-15-18-23-38)37-48(36-46)43-32-28-41(29-33-43)45-39-24-19-16-20-25-39/h15-20,22-33,44-45H,2-14,21,34-37H2,1H3. The first-order chi connectivity index (χ1) is 23.8. The molecule has 2 N–H and O–H groups in total. The monoisotopic (exact) mass is 645 g/mol. The van der Waals surface area contributed by atoms with E-state index in [1.54, 1.807) is 0 Å². The Kier molecular flexibility index (Phi) is 15.0. The van der Waals surface area contributed by atoms with E-state index in [-0.39, 0.29) is 0 Å². The normalized spacial score (nSPS) is 13.5. The van der Waals surface area contributed by atoms with Gasteiger partial charge in [-0.3, -0.25) is 4.90 Å². The second-order valence-electron chi connectivity index (χ2n) is 13.6. The summed E-state index contributed by atoms with van der Waals surface area (Å²) in [5, 5.41) is 7.05. The third-order valence-corrected chi connectivity index (χ3v) is 9.50. The number of unbranched alkanes of at least 4 members (excludes halogenated alkanes) is 13. The first kappa shape index (κ1) is 35.3. The second-order valence-corrected chi connectivity index (χ2v) is 13.6. The van der Waals surface area contributed by atoms with Crippen molar-refractivity contribution in [3.8, 4) is 0 Å². The van der Waals surface area contributed by atoms with Crippen LogP contribution < -0.4 is 20.4 Å². The molecule has 0 radical (unpaired) electrons. The van der Waals surface area contributed by atoms with Gasteiger partial charge in [0.15, 0.2) is 0 Å². The molecule has 1 aliphatic heterocycles. The molecule has 0 bridgehead atoms. The fraction of sp³-hybridized carbons (Fsp3) is 0.442. The van der Waals surface area contributed by atoms with Crippen molar-refractivity contribution < 1.29 is 0 Å². The summed E-state index contributed by atoms with van der Waals surface area (Å²) in [5.41, 5.74) is 6.95. The van der Waals surface area contributed by atoms with E-state index in [1.165, 1.54) is 101 Å². The Labute approximate surface area is 291 Å². The van der Waals surface area contributed by atoms with Gasteiger partial charge >= 0.3 is 0 Å². The first-order valence-corrected chi connectivity index (χ1v) is 18.8. The van der Waals surface area contributed by atoms with E-state index in [0.29, 0.717) is 0 Å². The van der Waals surface area contributed by atoms with Gasteiger partial charge in [-0.15, -0.1) is 0 Å². The Morgan fingerprint density at radius 1 is 0.396 bits per heavy atom. The van der Waals surface area contributed by atoms with Crippen LogP contribution in [0.25, 0.3) is 0 Å². The highest BCUT2D eigenvalue weighted by Gasteiger charge is 2.24. The lowest BCUT2D eigenvalue weighted by atomic mass is 10.0. The maximum Gasteiger partial charge on any atom is 0.0928 e. The summed E-state index contributed by atoms with van der Waals surface area (Å²) in [6, 6.07) is 38.6. The Balaban J connectivity index is 1.10. The molecule has 256 valence electrons. The number of benzene rings is 4.